The predicted molar refractivity (Wildman–Crippen MR) is 58.2 cm³/mol. The third-order valence-corrected chi connectivity index (χ3v) is 3.86. The molecule has 1 N–H and O–H groups in total. The number of nitrogens with zero attached hydrogens (tertiary/aromatic N) is 1. The van der Waals surface area contributed by atoms with E-state index in [1.54, 1.807) is 0 Å². The van der Waals surface area contributed by atoms with Gasteiger partial charge in [0.2, 0.25) is 0 Å². The van der Waals surface area contributed by atoms with Crippen molar-refractivity contribution >= 4 is 0 Å². The number of hydrogen-bond acceptors (Lipinski definition) is 2. The van der Waals surface area contributed by atoms with Crippen LogP contribution < -0.4 is 0 Å². The lowest BCUT2D eigenvalue weighted by Crippen LogP contribution is -2.38. The molecule has 2 rings (SSSR count). The quantitative estimate of drug-likeness (QED) is 0.748. The fraction of sp³-hybridized carbons (Fsp3) is 1.00. The zero-order valence-electron chi connectivity index (χ0n) is 9.28. The average Bonchev–Trinajstić information content (AvgIpc) is 2.70. The normalized spacial score (nSPS) is 32.6. The number of rotatable bonds is 3. The zero-order valence-corrected chi connectivity index (χ0v) is 9.28. The highest BCUT2D eigenvalue weighted by atomic mass is 16.3. The van der Waals surface area contributed by atoms with Gasteiger partial charge in [-0.15, -0.1) is 0 Å². The summed E-state index contributed by atoms with van der Waals surface area (Å²) in [4.78, 5) is 2.53. The maximum Gasteiger partial charge on any atom is 0.0639 e. The summed E-state index contributed by atoms with van der Waals surface area (Å²) in [5.41, 5.74) is 0. The summed E-state index contributed by atoms with van der Waals surface area (Å²) in [6.45, 7) is 4.01. The van der Waals surface area contributed by atoms with Gasteiger partial charge in [0.25, 0.3) is 0 Å². The molecular formula is C12H23NO. The van der Waals surface area contributed by atoms with Crippen molar-refractivity contribution in [1.29, 1.82) is 0 Å². The van der Waals surface area contributed by atoms with Crippen LogP contribution in [0.2, 0.25) is 0 Å². The molecule has 1 aliphatic heterocycles. The zero-order chi connectivity index (χ0) is 9.97. The molecule has 0 amide bonds. The van der Waals surface area contributed by atoms with Crippen LogP contribution in [0.5, 0.6) is 0 Å². The van der Waals surface area contributed by atoms with Gasteiger partial charge in [0.1, 0.15) is 0 Å². The fourth-order valence-electron chi connectivity index (χ4n) is 3.29. The van der Waals surface area contributed by atoms with Crippen LogP contribution in [0.4, 0.5) is 0 Å². The second-order valence-electron chi connectivity index (χ2n) is 5.10. The molecule has 1 aliphatic carbocycles. The molecule has 1 saturated heterocycles. The monoisotopic (exact) mass is 197 g/mol. The molecule has 14 heavy (non-hydrogen) atoms. The minimum atomic E-state index is -0.156. The lowest BCUT2D eigenvalue weighted by atomic mass is 9.96. The molecule has 0 radical (unpaired) electrons. The van der Waals surface area contributed by atoms with Gasteiger partial charge in [0.05, 0.1) is 6.10 Å². The van der Waals surface area contributed by atoms with E-state index in [0.29, 0.717) is 0 Å². The maximum absolute atomic E-state index is 9.43. The van der Waals surface area contributed by atoms with Gasteiger partial charge >= 0.3 is 0 Å². The molecule has 2 aliphatic rings. The smallest absolute Gasteiger partial charge is 0.0639 e. The molecule has 1 saturated carbocycles. The van der Waals surface area contributed by atoms with E-state index in [0.717, 1.165) is 18.5 Å². The maximum atomic E-state index is 9.43. The van der Waals surface area contributed by atoms with Crippen LogP contribution in [0.15, 0.2) is 0 Å². The summed E-state index contributed by atoms with van der Waals surface area (Å²) in [7, 11) is 0. The van der Waals surface area contributed by atoms with Gasteiger partial charge in [-0.1, -0.05) is 12.8 Å². The van der Waals surface area contributed by atoms with Crippen LogP contribution >= 0.6 is 0 Å². The Labute approximate surface area is 87.3 Å². The van der Waals surface area contributed by atoms with Crippen LogP contribution in [-0.4, -0.2) is 35.2 Å². The Kier molecular flexibility index (Phi) is 3.45. The molecule has 2 fully saturated rings. The topological polar surface area (TPSA) is 23.5 Å². The third kappa shape index (κ3) is 2.29. The van der Waals surface area contributed by atoms with E-state index in [1.165, 1.54) is 45.1 Å². The molecule has 1 unspecified atom stereocenters. The van der Waals surface area contributed by atoms with Crippen LogP contribution in [0, 0.1) is 5.92 Å². The van der Waals surface area contributed by atoms with Gasteiger partial charge in [-0.05, 0) is 45.1 Å². The van der Waals surface area contributed by atoms with Crippen molar-refractivity contribution in [3.8, 4) is 0 Å². The largest absolute Gasteiger partial charge is 0.392 e. The van der Waals surface area contributed by atoms with Crippen molar-refractivity contribution in [3.05, 3.63) is 0 Å². The van der Waals surface area contributed by atoms with Gasteiger partial charge < -0.3 is 5.11 Å². The summed E-state index contributed by atoms with van der Waals surface area (Å²) in [5.74, 6) is 0.941. The average molecular weight is 197 g/mol. The fourth-order valence-corrected chi connectivity index (χ4v) is 3.29. The minimum absolute atomic E-state index is 0.156. The lowest BCUT2D eigenvalue weighted by Gasteiger charge is -2.30. The van der Waals surface area contributed by atoms with Crippen LogP contribution in [0.1, 0.15) is 45.4 Å². The number of aliphatic hydroxyl groups excluding tert-OH is 1. The van der Waals surface area contributed by atoms with Crippen molar-refractivity contribution in [3.63, 3.8) is 0 Å². The number of likely N-dealkylation sites (tertiary alicyclic amines) is 1. The summed E-state index contributed by atoms with van der Waals surface area (Å²) >= 11 is 0. The van der Waals surface area contributed by atoms with Crippen molar-refractivity contribution in [2.75, 3.05) is 13.1 Å². The Morgan fingerprint density at radius 3 is 2.57 bits per heavy atom. The molecule has 0 spiro atoms. The second kappa shape index (κ2) is 4.63. The Hall–Kier alpha value is -0.0800. The van der Waals surface area contributed by atoms with E-state index in [2.05, 4.69) is 4.90 Å². The van der Waals surface area contributed by atoms with E-state index < -0.39 is 0 Å². The van der Waals surface area contributed by atoms with Gasteiger partial charge in [-0.25, -0.2) is 0 Å². The molecule has 0 aromatic rings. The lowest BCUT2D eigenvalue weighted by molar-refractivity contribution is 0.100. The van der Waals surface area contributed by atoms with Crippen LogP contribution in [0.25, 0.3) is 0 Å². The standard InChI is InChI=1S/C12H23NO/c1-10(14)9-13-8-4-7-12(13)11-5-2-3-6-11/h10-12,14H,2-9H2,1H3/t10-,12?/m1/s1. The molecule has 82 valence electrons. The summed E-state index contributed by atoms with van der Waals surface area (Å²) in [6.07, 6.45) is 8.29. The first-order valence-electron chi connectivity index (χ1n) is 6.19. The summed E-state index contributed by atoms with van der Waals surface area (Å²) in [5, 5.41) is 9.43. The highest BCUT2D eigenvalue weighted by Gasteiger charge is 2.33. The minimum Gasteiger partial charge on any atom is -0.392 e. The molecule has 1 heterocycles. The van der Waals surface area contributed by atoms with E-state index in [4.69, 9.17) is 0 Å². The highest BCUT2D eigenvalue weighted by Crippen LogP contribution is 2.35. The van der Waals surface area contributed by atoms with Crippen molar-refractivity contribution in [1.82, 2.24) is 4.90 Å². The Morgan fingerprint density at radius 2 is 1.93 bits per heavy atom. The van der Waals surface area contributed by atoms with Crippen molar-refractivity contribution < 1.29 is 5.11 Å². The first-order valence-corrected chi connectivity index (χ1v) is 6.19. The molecule has 0 aromatic carbocycles. The van der Waals surface area contributed by atoms with Gasteiger partial charge in [-0.2, -0.15) is 0 Å². The summed E-state index contributed by atoms with van der Waals surface area (Å²) < 4.78 is 0. The second-order valence-corrected chi connectivity index (χ2v) is 5.10. The summed E-state index contributed by atoms with van der Waals surface area (Å²) in [6, 6.07) is 0.798. The van der Waals surface area contributed by atoms with E-state index >= 15 is 0 Å². The molecule has 2 atom stereocenters. The molecule has 2 nitrogen and oxygen atoms in total. The Bertz CT molecular complexity index is 175. The van der Waals surface area contributed by atoms with E-state index in [1.807, 2.05) is 6.92 Å². The molecule has 0 aromatic heterocycles. The highest BCUT2D eigenvalue weighted by molar-refractivity contribution is 4.87. The van der Waals surface area contributed by atoms with E-state index in [9.17, 15) is 5.11 Å². The van der Waals surface area contributed by atoms with E-state index in [-0.39, 0.29) is 6.10 Å². The number of aliphatic hydroxyl groups is 1. The predicted octanol–water partition coefficient (Wildman–Crippen LogP) is 2.02. The van der Waals surface area contributed by atoms with Crippen molar-refractivity contribution in [2.24, 2.45) is 5.92 Å². The van der Waals surface area contributed by atoms with Crippen LogP contribution in [0.3, 0.4) is 0 Å². The Morgan fingerprint density at radius 1 is 1.21 bits per heavy atom. The first-order chi connectivity index (χ1) is 6.77. The van der Waals surface area contributed by atoms with Gasteiger partial charge in [0.15, 0.2) is 0 Å². The van der Waals surface area contributed by atoms with Crippen molar-refractivity contribution in [2.45, 2.75) is 57.6 Å². The number of hydrogen-bond donors (Lipinski definition) is 1. The molecule has 2 heteroatoms. The first kappa shape index (κ1) is 10.4. The Balaban J connectivity index is 1.89. The van der Waals surface area contributed by atoms with Gasteiger partial charge in [0, 0.05) is 12.6 Å². The molecular weight excluding hydrogens is 174 g/mol. The third-order valence-electron chi connectivity index (χ3n) is 3.86. The number of β-amino-alcohol motifs (C(OH)–C–C–N with tert-alkyl or cyclic N) is 1. The van der Waals surface area contributed by atoms with Gasteiger partial charge in [-0.3, -0.25) is 4.90 Å². The molecule has 0 bridgehead atoms. The van der Waals surface area contributed by atoms with Crippen LogP contribution in [-0.2, 0) is 0 Å². The SMILES string of the molecule is C[C@@H](O)CN1CCCC1C1CCCC1.